The zero-order valence-corrected chi connectivity index (χ0v) is 12.3. The van der Waals surface area contributed by atoms with Crippen molar-refractivity contribution in [3.8, 4) is 0 Å². The third-order valence-corrected chi connectivity index (χ3v) is 2.97. The minimum Gasteiger partial charge on any atom is -0.369 e. The fourth-order valence-corrected chi connectivity index (χ4v) is 2.33. The molecule has 0 aromatic carbocycles. The van der Waals surface area contributed by atoms with E-state index in [1.165, 1.54) is 0 Å². The average Bonchev–Trinajstić information content (AvgIpc) is 2.17. The average molecular weight is 286 g/mol. The lowest BCUT2D eigenvalue weighted by Crippen LogP contribution is -2.17. The van der Waals surface area contributed by atoms with Gasteiger partial charge in [-0.1, -0.05) is 27.7 Å². The molecular formula is C12H20BrN3. The van der Waals surface area contributed by atoms with Crippen LogP contribution in [0.25, 0.3) is 0 Å². The number of aryl methyl sites for hydroxylation is 1. The summed E-state index contributed by atoms with van der Waals surface area (Å²) < 4.78 is 0.985. The number of rotatable bonds is 3. The molecular weight excluding hydrogens is 266 g/mol. The van der Waals surface area contributed by atoms with Crippen LogP contribution in [0.3, 0.4) is 0 Å². The van der Waals surface area contributed by atoms with E-state index < -0.39 is 0 Å². The first-order valence-corrected chi connectivity index (χ1v) is 6.44. The Morgan fingerprint density at radius 2 is 1.88 bits per heavy atom. The lowest BCUT2D eigenvalue weighted by Gasteiger charge is -2.21. The van der Waals surface area contributed by atoms with Gasteiger partial charge in [0.15, 0.2) is 0 Å². The third-order valence-electron chi connectivity index (χ3n) is 2.22. The van der Waals surface area contributed by atoms with Crippen LogP contribution >= 0.6 is 15.9 Å². The highest BCUT2D eigenvalue weighted by Crippen LogP contribution is 2.32. The zero-order chi connectivity index (χ0) is 12.3. The van der Waals surface area contributed by atoms with Gasteiger partial charge >= 0.3 is 0 Å². The summed E-state index contributed by atoms with van der Waals surface area (Å²) in [5.74, 6) is 1.71. The highest BCUT2D eigenvalue weighted by atomic mass is 79.9. The number of anilines is 1. The Balaban J connectivity index is 3.16. The summed E-state index contributed by atoms with van der Waals surface area (Å²) in [6.45, 7) is 11.5. The number of nitrogens with zero attached hydrogens (tertiary/aromatic N) is 2. The molecule has 1 rings (SSSR count). The predicted octanol–water partition coefficient (Wildman–Crippen LogP) is 3.67. The van der Waals surface area contributed by atoms with E-state index in [-0.39, 0.29) is 5.41 Å². The van der Waals surface area contributed by atoms with Crippen molar-refractivity contribution in [3.05, 3.63) is 16.0 Å². The van der Waals surface area contributed by atoms with Gasteiger partial charge < -0.3 is 5.32 Å². The van der Waals surface area contributed by atoms with Gasteiger partial charge in [-0.3, -0.25) is 0 Å². The Bertz CT molecular complexity index is 369. The van der Waals surface area contributed by atoms with Crippen LogP contribution in [-0.2, 0) is 5.41 Å². The minimum atomic E-state index is 0.0230. The summed E-state index contributed by atoms with van der Waals surface area (Å²) in [5.41, 5.74) is 1.08. The Kier molecular flexibility index (Phi) is 4.30. The molecule has 16 heavy (non-hydrogen) atoms. The van der Waals surface area contributed by atoms with Gasteiger partial charge in [-0.15, -0.1) is 0 Å². The topological polar surface area (TPSA) is 37.8 Å². The highest BCUT2D eigenvalue weighted by molar-refractivity contribution is 9.10. The standard InChI is InChI=1S/C12H20BrN3/c1-6-7-14-11-9(13)10(12(3,4)5)15-8(2)16-11/h6-7H2,1-5H3,(H,14,15,16). The Morgan fingerprint density at radius 1 is 1.25 bits per heavy atom. The molecule has 0 amide bonds. The van der Waals surface area contributed by atoms with E-state index in [9.17, 15) is 0 Å². The molecule has 0 aliphatic heterocycles. The van der Waals surface area contributed by atoms with Gasteiger partial charge in [0.1, 0.15) is 11.6 Å². The van der Waals surface area contributed by atoms with Gasteiger partial charge in [0.25, 0.3) is 0 Å². The number of hydrogen-bond donors (Lipinski definition) is 1. The zero-order valence-electron chi connectivity index (χ0n) is 10.7. The fourth-order valence-electron chi connectivity index (χ4n) is 1.42. The molecule has 1 heterocycles. The molecule has 1 aromatic heterocycles. The van der Waals surface area contributed by atoms with Crippen LogP contribution in [0.5, 0.6) is 0 Å². The SMILES string of the molecule is CCCNc1nc(C)nc(C(C)(C)C)c1Br. The van der Waals surface area contributed by atoms with E-state index in [0.717, 1.165) is 34.8 Å². The molecule has 4 heteroatoms. The summed E-state index contributed by atoms with van der Waals surface area (Å²) in [7, 11) is 0. The molecule has 0 aliphatic carbocycles. The van der Waals surface area contributed by atoms with Crippen LogP contribution in [-0.4, -0.2) is 16.5 Å². The molecule has 1 N–H and O–H groups in total. The van der Waals surface area contributed by atoms with Crippen molar-refractivity contribution < 1.29 is 0 Å². The third kappa shape index (κ3) is 3.17. The molecule has 0 aliphatic rings. The lowest BCUT2D eigenvalue weighted by molar-refractivity contribution is 0.561. The summed E-state index contributed by atoms with van der Waals surface area (Å²) in [6.07, 6.45) is 1.08. The quantitative estimate of drug-likeness (QED) is 0.921. The molecule has 1 aromatic rings. The summed E-state index contributed by atoms with van der Waals surface area (Å²) >= 11 is 3.59. The van der Waals surface area contributed by atoms with E-state index in [0.29, 0.717) is 0 Å². The predicted molar refractivity (Wildman–Crippen MR) is 71.9 cm³/mol. The molecule has 90 valence electrons. The van der Waals surface area contributed by atoms with Gasteiger partial charge in [-0.05, 0) is 29.3 Å². The maximum absolute atomic E-state index is 4.51. The number of halogens is 1. The summed E-state index contributed by atoms with van der Waals surface area (Å²) in [4.78, 5) is 8.93. The Hall–Kier alpha value is -0.640. The summed E-state index contributed by atoms with van der Waals surface area (Å²) in [6, 6.07) is 0. The van der Waals surface area contributed by atoms with Crippen molar-refractivity contribution in [2.75, 3.05) is 11.9 Å². The second-order valence-corrected chi connectivity index (χ2v) is 5.75. The molecule has 3 nitrogen and oxygen atoms in total. The fraction of sp³-hybridized carbons (Fsp3) is 0.667. The smallest absolute Gasteiger partial charge is 0.144 e. The number of hydrogen-bond acceptors (Lipinski definition) is 3. The van der Waals surface area contributed by atoms with E-state index in [2.05, 4.69) is 58.9 Å². The number of aromatic nitrogens is 2. The van der Waals surface area contributed by atoms with Crippen molar-refractivity contribution in [2.45, 2.75) is 46.5 Å². The number of nitrogens with one attached hydrogen (secondary N) is 1. The van der Waals surface area contributed by atoms with Gasteiger partial charge in [0.2, 0.25) is 0 Å². The van der Waals surface area contributed by atoms with Crippen molar-refractivity contribution in [1.29, 1.82) is 0 Å². The first-order valence-electron chi connectivity index (χ1n) is 5.64. The van der Waals surface area contributed by atoms with E-state index in [1.54, 1.807) is 0 Å². The van der Waals surface area contributed by atoms with Gasteiger partial charge in [0.05, 0.1) is 10.2 Å². The van der Waals surface area contributed by atoms with Crippen LogP contribution < -0.4 is 5.32 Å². The van der Waals surface area contributed by atoms with Crippen molar-refractivity contribution in [2.24, 2.45) is 0 Å². The molecule has 0 saturated carbocycles. The Morgan fingerprint density at radius 3 is 2.38 bits per heavy atom. The highest BCUT2D eigenvalue weighted by Gasteiger charge is 2.22. The van der Waals surface area contributed by atoms with E-state index in [1.807, 2.05) is 6.92 Å². The van der Waals surface area contributed by atoms with E-state index >= 15 is 0 Å². The maximum atomic E-state index is 4.51. The van der Waals surface area contributed by atoms with Crippen LogP contribution in [0, 0.1) is 6.92 Å². The maximum Gasteiger partial charge on any atom is 0.144 e. The first-order chi connectivity index (χ1) is 7.36. The van der Waals surface area contributed by atoms with Gasteiger partial charge in [0, 0.05) is 12.0 Å². The second kappa shape index (κ2) is 5.13. The van der Waals surface area contributed by atoms with Crippen molar-refractivity contribution >= 4 is 21.7 Å². The second-order valence-electron chi connectivity index (χ2n) is 4.96. The summed E-state index contributed by atoms with van der Waals surface area (Å²) in [5, 5.41) is 3.32. The monoisotopic (exact) mass is 285 g/mol. The molecule has 0 fully saturated rings. The molecule has 0 radical (unpaired) electrons. The van der Waals surface area contributed by atoms with Crippen LogP contribution in [0.15, 0.2) is 4.47 Å². The lowest BCUT2D eigenvalue weighted by atomic mass is 9.92. The molecule has 0 bridgehead atoms. The van der Waals surface area contributed by atoms with Gasteiger partial charge in [-0.25, -0.2) is 9.97 Å². The van der Waals surface area contributed by atoms with Gasteiger partial charge in [-0.2, -0.15) is 0 Å². The molecule has 0 saturated heterocycles. The molecule has 0 atom stereocenters. The minimum absolute atomic E-state index is 0.0230. The largest absolute Gasteiger partial charge is 0.369 e. The van der Waals surface area contributed by atoms with Crippen LogP contribution in [0.1, 0.15) is 45.6 Å². The van der Waals surface area contributed by atoms with Crippen LogP contribution in [0.2, 0.25) is 0 Å². The normalized spacial score (nSPS) is 11.6. The van der Waals surface area contributed by atoms with Crippen LogP contribution in [0.4, 0.5) is 5.82 Å². The molecule has 0 unspecified atom stereocenters. The van der Waals surface area contributed by atoms with Crippen molar-refractivity contribution in [3.63, 3.8) is 0 Å². The van der Waals surface area contributed by atoms with E-state index in [4.69, 9.17) is 0 Å². The Labute approximate surface area is 106 Å². The van der Waals surface area contributed by atoms with Crippen molar-refractivity contribution in [1.82, 2.24) is 9.97 Å². The molecule has 0 spiro atoms. The first kappa shape index (κ1) is 13.4.